The molecule has 0 heterocycles. The van der Waals surface area contributed by atoms with E-state index in [1.807, 2.05) is 18.2 Å². The zero-order chi connectivity index (χ0) is 12.0. The van der Waals surface area contributed by atoms with Crippen LogP contribution < -0.4 is 16.2 Å². The summed E-state index contributed by atoms with van der Waals surface area (Å²) in [5.74, 6) is -0.202. The van der Waals surface area contributed by atoms with E-state index in [9.17, 15) is 4.79 Å². The Morgan fingerprint density at radius 2 is 2.31 bits per heavy atom. The minimum atomic E-state index is -0.202. The second kappa shape index (κ2) is 6.24. The third kappa shape index (κ3) is 4.41. The number of ether oxygens (including phenoxy) is 1. The van der Waals surface area contributed by atoms with Crippen molar-refractivity contribution in [3.05, 3.63) is 23.9 Å². The molecule has 1 atom stereocenters. The molecule has 1 amide bonds. The Hall–Kier alpha value is -1.40. The van der Waals surface area contributed by atoms with Crippen LogP contribution in [-0.2, 0) is 9.53 Å². The number of hydrazine groups is 1. The highest BCUT2D eigenvalue weighted by atomic mass is 32.1. The number of nitrogens with one attached hydrogen (secondary N) is 3. The van der Waals surface area contributed by atoms with Gasteiger partial charge >= 0.3 is 0 Å². The van der Waals surface area contributed by atoms with Crippen LogP contribution in [0.1, 0.15) is 13.3 Å². The largest absolute Gasteiger partial charge is 0.377 e. The summed E-state index contributed by atoms with van der Waals surface area (Å²) in [5, 5.41) is 3.27. The summed E-state index contributed by atoms with van der Waals surface area (Å²) in [6.07, 6.45) is 6.76. The topological polar surface area (TPSA) is 62.4 Å². The van der Waals surface area contributed by atoms with E-state index >= 15 is 0 Å². The molecule has 0 radical (unpaired) electrons. The molecule has 0 aromatic heterocycles. The molecule has 1 aliphatic carbocycles. The first-order chi connectivity index (χ1) is 7.61. The third-order valence-corrected chi connectivity index (χ3v) is 2.15. The molecule has 0 aromatic rings. The number of methoxy groups -OCH3 is 1. The van der Waals surface area contributed by atoms with Crippen LogP contribution in [0.15, 0.2) is 23.9 Å². The van der Waals surface area contributed by atoms with Crippen molar-refractivity contribution in [1.29, 1.82) is 0 Å². The number of rotatable bonds is 2. The molecule has 0 saturated carbocycles. The van der Waals surface area contributed by atoms with Crippen molar-refractivity contribution < 1.29 is 9.53 Å². The van der Waals surface area contributed by atoms with Crippen molar-refractivity contribution in [1.82, 2.24) is 16.2 Å². The zero-order valence-electron chi connectivity index (χ0n) is 9.24. The number of carbonyl (C=O) groups excluding carboxylic acids is 1. The summed E-state index contributed by atoms with van der Waals surface area (Å²) in [6.45, 7) is 1.40. The molecule has 0 aromatic carbocycles. The summed E-state index contributed by atoms with van der Waals surface area (Å²) < 4.78 is 5.20. The van der Waals surface area contributed by atoms with Crippen LogP contribution in [-0.4, -0.2) is 24.2 Å². The van der Waals surface area contributed by atoms with Gasteiger partial charge < -0.3 is 10.1 Å². The fourth-order valence-corrected chi connectivity index (χ4v) is 1.38. The molecule has 3 N–H and O–H groups in total. The van der Waals surface area contributed by atoms with E-state index in [1.54, 1.807) is 7.11 Å². The monoisotopic (exact) mass is 241 g/mol. The highest BCUT2D eigenvalue weighted by molar-refractivity contribution is 7.80. The Balaban J connectivity index is 2.41. The molecule has 0 saturated heterocycles. The van der Waals surface area contributed by atoms with E-state index in [0.717, 1.165) is 12.1 Å². The van der Waals surface area contributed by atoms with Crippen LogP contribution >= 0.6 is 12.2 Å². The molecule has 1 unspecified atom stereocenters. The van der Waals surface area contributed by atoms with E-state index in [2.05, 4.69) is 16.2 Å². The molecule has 88 valence electrons. The summed E-state index contributed by atoms with van der Waals surface area (Å²) in [4.78, 5) is 10.6. The van der Waals surface area contributed by atoms with Crippen molar-refractivity contribution in [2.75, 3.05) is 7.11 Å². The van der Waals surface area contributed by atoms with E-state index in [4.69, 9.17) is 17.0 Å². The van der Waals surface area contributed by atoms with Gasteiger partial charge in [0.15, 0.2) is 5.11 Å². The average Bonchev–Trinajstić information content (AvgIpc) is 2.26. The number of hydrogen-bond donors (Lipinski definition) is 3. The van der Waals surface area contributed by atoms with Gasteiger partial charge in [0.2, 0.25) is 5.91 Å². The smallest absolute Gasteiger partial charge is 0.235 e. The molecule has 1 aliphatic rings. The third-order valence-electron chi connectivity index (χ3n) is 1.94. The lowest BCUT2D eigenvalue weighted by Crippen LogP contribution is -2.45. The Bertz CT molecular complexity index is 339. The van der Waals surface area contributed by atoms with Crippen molar-refractivity contribution >= 4 is 23.2 Å². The predicted molar refractivity (Wildman–Crippen MR) is 65.3 cm³/mol. The first-order valence-electron chi connectivity index (χ1n) is 4.86. The quantitative estimate of drug-likeness (QED) is 0.481. The maximum Gasteiger partial charge on any atom is 0.235 e. The van der Waals surface area contributed by atoms with Crippen LogP contribution in [0.5, 0.6) is 0 Å². The standard InChI is InChI=1S/C10H15N3O2S/c1-7(14)12-13-10(16)11-8-4-3-5-9(6-8)15-2/h3-4,6,9H,5H2,1-2H3,(H,12,14)(H2,11,13,16). The molecule has 0 spiro atoms. The zero-order valence-corrected chi connectivity index (χ0v) is 10.1. The van der Waals surface area contributed by atoms with Crippen molar-refractivity contribution in [3.8, 4) is 0 Å². The molecular formula is C10H15N3O2S. The van der Waals surface area contributed by atoms with E-state index < -0.39 is 0 Å². The van der Waals surface area contributed by atoms with E-state index in [0.29, 0.717) is 5.11 Å². The SMILES string of the molecule is COC1C=C(NC(=S)NNC(C)=O)C=CC1. The van der Waals surface area contributed by atoms with Crippen LogP contribution in [0.4, 0.5) is 0 Å². The predicted octanol–water partition coefficient (Wildman–Crippen LogP) is 0.360. The van der Waals surface area contributed by atoms with Gasteiger partial charge in [0, 0.05) is 19.7 Å². The maximum absolute atomic E-state index is 10.6. The summed E-state index contributed by atoms with van der Waals surface area (Å²) in [7, 11) is 1.66. The molecule has 0 aliphatic heterocycles. The van der Waals surface area contributed by atoms with E-state index in [-0.39, 0.29) is 12.0 Å². The van der Waals surface area contributed by atoms with Gasteiger partial charge in [-0.3, -0.25) is 15.6 Å². The normalized spacial score (nSPS) is 18.6. The van der Waals surface area contributed by atoms with Crippen molar-refractivity contribution in [2.24, 2.45) is 0 Å². The number of carbonyl (C=O) groups is 1. The highest BCUT2D eigenvalue weighted by Gasteiger charge is 2.08. The molecule has 1 rings (SSSR count). The van der Waals surface area contributed by atoms with Gasteiger partial charge in [-0.1, -0.05) is 6.08 Å². The van der Waals surface area contributed by atoms with Gasteiger partial charge in [-0.05, 0) is 30.8 Å². The van der Waals surface area contributed by atoms with Gasteiger partial charge in [-0.25, -0.2) is 0 Å². The lowest BCUT2D eigenvalue weighted by atomic mass is 10.1. The fraction of sp³-hybridized carbons (Fsp3) is 0.400. The summed E-state index contributed by atoms with van der Waals surface area (Å²) >= 11 is 4.98. The first-order valence-corrected chi connectivity index (χ1v) is 5.27. The van der Waals surface area contributed by atoms with Crippen molar-refractivity contribution in [2.45, 2.75) is 19.4 Å². The number of hydrogen-bond acceptors (Lipinski definition) is 3. The Kier molecular flexibility index (Phi) is 4.94. The Morgan fingerprint density at radius 3 is 2.94 bits per heavy atom. The van der Waals surface area contributed by atoms with Crippen LogP contribution in [0.3, 0.4) is 0 Å². The molecule has 6 heteroatoms. The van der Waals surface area contributed by atoms with Crippen LogP contribution in [0.25, 0.3) is 0 Å². The van der Waals surface area contributed by atoms with Crippen LogP contribution in [0, 0.1) is 0 Å². The molecule has 5 nitrogen and oxygen atoms in total. The summed E-state index contributed by atoms with van der Waals surface area (Å²) in [6, 6.07) is 0. The van der Waals surface area contributed by atoms with Gasteiger partial charge in [0.25, 0.3) is 0 Å². The van der Waals surface area contributed by atoms with Gasteiger partial charge in [-0.15, -0.1) is 0 Å². The average molecular weight is 241 g/mol. The Morgan fingerprint density at radius 1 is 1.56 bits per heavy atom. The molecule has 16 heavy (non-hydrogen) atoms. The number of thiocarbonyl (C=S) groups is 1. The maximum atomic E-state index is 10.6. The van der Waals surface area contributed by atoms with Crippen LogP contribution in [0.2, 0.25) is 0 Å². The second-order valence-electron chi connectivity index (χ2n) is 3.29. The Labute approximate surface area is 99.9 Å². The molecule has 0 bridgehead atoms. The second-order valence-corrected chi connectivity index (χ2v) is 3.70. The number of amides is 1. The van der Waals surface area contributed by atoms with E-state index in [1.165, 1.54) is 6.92 Å². The van der Waals surface area contributed by atoms with Crippen molar-refractivity contribution in [3.63, 3.8) is 0 Å². The van der Waals surface area contributed by atoms with Gasteiger partial charge in [0.05, 0.1) is 6.10 Å². The summed E-state index contributed by atoms with van der Waals surface area (Å²) in [5.41, 5.74) is 5.80. The lowest BCUT2D eigenvalue weighted by molar-refractivity contribution is -0.119. The van der Waals surface area contributed by atoms with Gasteiger partial charge in [0.1, 0.15) is 0 Å². The lowest BCUT2D eigenvalue weighted by Gasteiger charge is -2.17. The minimum absolute atomic E-state index is 0.0658. The molecular weight excluding hydrogens is 226 g/mol. The first kappa shape index (κ1) is 12.7. The van der Waals surface area contributed by atoms with Gasteiger partial charge in [-0.2, -0.15) is 0 Å². The highest BCUT2D eigenvalue weighted by Crippen LogP contribution is 2.10. The number of allylic oxidation sites excluding steroid dienone is 1. The molecule has 0 fully saturated rings. The fourth-order valence-electron chi connectivity index (χ4n) is 1.21. The minimum Gasteiger partial charge on any atom is -0.377 e.